The molecule has 6 heteroatoms. The van der Waals surface area contributed by atoms with Crippen molar-refractivity contribution in [3.8, 4) is 0 Å². The number of hydrogen-bond donors (Lipinski definition) is 3. The second kappa shape index (κ2) is 61.9. The molecule has 0 aromatic rings. The minimum absolute atomic E-state index is 0.00688. The Bertz CT molecular complexity index is 1120. The van der Waals surface area contributed by atoms with Gasteiger partial charge in [-0.05, 0) is 57.8 Å². The van der Waals surface area contributed by atoms with Crippen LogP contribution in [0.25, 0.3) is 0 Å². The van der Waals surface area contributed by atoms with Gasteiger partial charge in [-0.3, -0.25) is 9.59 Å². The fraction of sp³-hybridized carbons (Fsp3) is 0.909. The molecule has 0 heterocycles. The Morgan fingerprint density at radius 3 is 0.986 bits per heavy atom. The number of amides is 1. The average Bonchev–Trinajstić information content (AvgIpc) is 3.38. The Labute approximate surface area is 450 Å². The molecule has 0 aromatic carbocycles. The molecule has 0 fully saturated rings. The average molecular weight is 1010 g/mol. The summed E-state index contributed by atoms with van der Waals surface area (Å²) in [6.45, 7) is 4.91. The van der Waals surface area contributed by atoms with Crippen molar-refractivity contribution in [1.82, 2.24) is 5.32 Å². The van der Waals surface area contributed by atoms with Crippen LogP contribution in [0.1, 0.15) is 361 Å². The van der Waals surface area contributed by atoms with Gasteiger partial charge in [0, 0.05) is 12.8 Å². The first-order valence-corrected chi connectivity index (χ1v) is 32.6. The predicted octanol–water partition coefficient (Wildman–Crippen LogP) is 20.6. The normalized spacial score (nSPS) is 12.7. The monoisotopic (exact) mass is 1010 g/mol. The van der Waals surface area contributed by atoms with Gasteiger partial charge in [0.25, 0.3) is 0 Å². The summed E-state index contributed by atoms with van der Waals surface area (Å²) >= 11 is 0. The van der Waals surface area contributed by atoms with Crippen LogP contribution in [-0.2, 0) is 14.3 Å². The lowest BCUT2D eigenvalue weighted by molar-refractivity contribution is -0.143. The first-order valence-electron chi connectivity index (χ1n) is 32.6. The third-order valence-corrected chi connectivity index (χ3v) is 15.2. The van der Waals surface area contributed by atoms with Crippen LogP contribution in [0.3, 0.4) is 0 Å². The Balaban J connectivity index is 3.45. The smallest absolute Gasteiger partial charge is 0.305 e. The lowest BCUT2D eigenvalue weighted by Crippen LogP contribution is -2.45. The standard InChI is InChI=1S/C66H127NO5/c1-3-5-7-9-11-13-15-17-19-21-22-23-24-25-26-27-28-30-34-38-42-46-50-54-58-64(69)63(62-68)67-65(70)59-55-51-47-43-39-35-31-29-33-37-41-45-49-53-57-61-72-66(71)60-56-52-48-44-40-36-32-20-18-16-14-12-10-8-6-4-2/h20,32,54,58,63-64,68-69H,3-19,21-31,33-53,55-57,59-62H2,1-2H3,(H,67,70)/b32-20-,58-54+. The van der Waals surface area contributed by atoms with E-state index in [2.05, 4.69) is 31.3 Å². The molecule has 0 saturated carbocycles. The van der Waals surface area contributed by atoms with E-state index in [1.54, 1.807) is 6.08 Å². The Kier molecular flexibility index (Phi) is 60.5. The van der Waals surface area contributed by atoms with Crippen molar-refractivity contribution in [1.29, 1.82) is 0 Å². The molecule has 1 amide bonds. The minimum Gasteiger partial charge on any atom is -0.466 e. The van der Waals surface area contributed by atoms with E-state index in [9.17, 15) is 19.8 Å². The molecule has 0 radical (unpaired) electrons. The van der Waals surface area contributed by atoms with Crippen LogP contribution in [-0.4, -0.2) is 47.4 Å². The highest BCUT2D eigenvalue weighted by atomic mass is 16.5. The number of aliphatic hydroxyl groups excluding tert-OH is 2. The molecule has 0 aromatic heterocycles. The molecule has 0 spiro atoms. The molecule has 0 aliphatic carbocycles. The number of nitrogens with one attached hydrogen (secondary N) is 1. The van der Waals surface area contributed by atoms with Crippen LogP contribution in [0.4, 0.5) is 0 Å². The van der Waals surface area contributed by atoms with Crippen molar-refractivity contribution in [2.75, 3.05) is 13.2 Å². The van der Waals surface area contributed by atoms with Crippen molar-refractivity contribution < 1.29 is 24.5 Å². The van der Waals surface area contributed by atoms with E-state index in [0.29, 0.717) is 19.4 Å². The number of ether oxygens (including phenoxy) is 1. The number of aliphatic hydroxyl groups is 2. The summed E-state index contributed by atoms with van der Waals surface area (Å²) in [5.41, 5.74) is 0. The van der Waals surface area contributed by atoms with Gasteiger partial charge in [0.15, 0.2) is 0 Å². The molecular formula is C66H127NO5. The van der Waals surface area contributed by atoms with Crippen molar-refractivity contribution in [3.05, 3.63) is 24.3 Å². The van der Waals surface area contributed by atoms with Gasteiger partial charge in [0.1, 0.15) is 0 Å². The quantitative estimate of drug-likeness (QED) is 0.0320. The van der Waals surface area contributed by atoms with Gasteiger partial charge in [-0.1, -0.05) is 314 Å². The molecule has 3 N–H and O–H groups in total. The van der Waals surface area contributed by atoms with E-state index in [1.807, 2.05) is 6.08 Å². The number of unbranched alkanes of at least 4 members (excludes halogenated alkanes) is 48. The number of esters is 1. The predicted molar refractivity (Wildman–Crippen MR) is 315 cm³/mol. The van der Waals surface area contributed by atoms with Crippen molar-refractivity contribution in [2.45, 2.75) is 373 Å². The zero-order valence-electron chi connectivity index (χ0n) is 48.7. The molecule has 6 nitrogen and oxygen atoms in total. The molecule has 0 aliphatic rings. The number of carbonyl (C=O) groups excluding carboxylic acids is 2. The zero-order valence-corrected chi connectivity index (χ0v) is 48.7. The van der Waals surface area contributed by atoms with E-state index < -0.39 is 12.1 Å². The highest BCUT2D eigenvalue weighted by molar-refractivity contribution is 5.76. The topological polar surface area (TPSA) is 95.9 Å². The van der Waals surface area contributed by atoms with Gasteiger partial charge < -0.3 is 20.3 Å². The van der Waals surface area contributed by atoms with Gasteiger partial charge in [-0.15, -0.1) is 0 Å². The second-order valence-electron chi connectivity index (χ2n) is 22.5. The van der Waals surface area contributed by atoms with Crippen molar-refractivity contribution >= 4 is 11.9 Å². The van der Waals surface area contributed by atoms with Crippen LogP contribution in [0.15, 0.2) is 24.3 Å². The molecule has 0 rings (SSSR count). The summed E-state index contributed by atoms with van der Waals surface area (Å²) < 4.78 is 5.48. The third kappa shape index (κ3) is 57.6. The molecule has 0 saturated heterocycles. The van der Waals surface area contributed by atoms with Gasteiger partial charge in [0.2, 0.25) is 5.91 Å². The molecule has 0 aliphatic heterocycles. The van der Waals surface area contributed by atoms with E-state index in [1.165, 1.54) is 283 Å². The van der Waals surface area contributed by atoms with Crippen LogP contribution >= 0.6 is 0 Å². The number of allylic oxidation sites excluding steroid dienone is 3. The summed E-state index contributed by atoms with van der Waals surface area (Å²) in [6, 6.07) is -0.636. The van der Waals surface area contributed by atoms with Crippen LogP contribution in [0, 0.1) is 0 Å². The van der Waals surface area contributed by atoms with E-state index in [-0.39, 0.29) is 18.5 Å². The Hall–Kier alpha value is -1.66. The van der Waals surface area contributed by atoms with Crippen molar-refractivity contribution in [2.24, 2.45) is 0 Å². The lowest BCUT2D eigenvalue weighted by Gasteiger charge is -2.20. The Morgan fingerprint density at radius 2 is 0.653 bits per heavy atom. The summed E-state index contributed by atoms with van der Waals surface area (Å²) in [4.78, 5) is 24.6. The molecule has 72 heavy (non-hydrogen) atoms. The minimum atomic E-state index is -0.852. The maximum Gasteiger partial charge on any atom is 0.305 e. The first-order chi connectivity index (χ1) is 35.5. The second-order valence-corrected chi connectivity index (χ2v) is 22.5. The highest BCUT2D eigenvalue weighted by Gasteiger charge is 2.18. The summed E-state index contributed by atoms with van der Waals surface area (Å²) in [5.74, 6) is -0.0798. The van der Waals surface area contributed by atoms with Crippen LogP contribution in [0.5, 0.6) is 0 Å². The van der Waals surface area contributed by atoms with Crippen LogP contribution < -0.4 is 5.32 Å². The molecular weight excluding hydrogens is 887 g/mol. The summed E-state index contributed by atoms with van der Waals surface area (Å²) in [6.07, 6.45) is 76.5. The Morgan fingerprint density at radius 1 is 0.375 bits per heavy atom. The first kappa shape index (κ1) is 70.3. The van der Waals surface area contributed by atoms with Crippen LogP contribution in [0.2, 0.25) is 0 Å². The van der Waals surface area contributed by atoms with Gasteiger partial charge in [-0.2, -0.15) is 0 Å². The maximum atomic E-state index is 12.5. The van der Waals surface area contributed by atoms with Gasteiger partial charge in [0.05, 0.1) is 25.4 Å². The fourth-order valence-corrected chi connectivity index (χ4v) is 10.2. The lowest BCUT2D eigenvalue weighted by atomic mass is 10.0. The SMILES string of the molecule is CCCCCCCCC/C=C\CCCCCCCC(=O)OCCCCCCCCCCCCCCCCCC(=O)NC(CO)C(O)/C=C/CCCCCCCCCCCCCCCCCCCCCCCC. The van der Waals surface area contributed by atoms with E-state index >= 15 is 0 Å². The largest absolute Gasteiger partial charge is 0.466 e. The van der Waals surface area contributed by atoms with Gasteiger partial charge >= 0.3 is 5.97 Å². The molecule has 0 bridgehead atoms. The van der Waals surface area contributed by atoms with E-state index in [4.69, 9.17) is 4.74 Å². The number of hydrogen-bond acceptors (Lipinski definition) is 5. The van der Waals surface area contributed by atoms with E-state index in [0.717, 1.165) is 51.4 Å². The summed E-state index contributed by atoms with van der Waals surface area (Å²) in [7, 11) is 0. The highest BCUT2D eigenvalue weighted by Crippen LogP contribution is 2.18. The fourth-order valence-electron chi connectivity index (χ4n) is 10.2. The molecule has 2 atom stereocenters. The number of carbonyl (C=O) groups is 2. The summed E-state index contributed by atoms with van der Waals surface area (Å²) in [5, 5.41) is 23.2. The molecule has 2 unspecified atom stereocenters. The number of rotatable bonds is 61. The zero-order chi connectivity index (χ0) is 52.2. The van der Waals surface area contributed by atoms with Crippen molar-refractivity contribution in [3.63, 3.8) is 0 Å². The third-order valence-electron chi connectivity index (χ3n) is 15.2. The molecule has 426 valence electrons. The van der Waals surface area contributed by atoms with Gasteiger partial charge in [-0.25, -0.2) is 0 Å². The maximum absolute atomic E-state index is 12.5.